The van der Waals surface area contributed by atoms with Crippen molar-refractivity contribution in [2.75, 3.05) is 33.2 Å². The fraction of sp³-hybridized carbons (Fsp3) is 0.429. The summed E-state index contributed by atoms with van der Waals surface area (Å²) >= 11 is 0. The largest absolute Gasteiger partial charge is 0.354 e. The van der Waals surface area contributed by atoms with E-state index in [0.717, 1.165) is 61.6 Å². The second-order valence-electron chi connectivity index (χ2n) is 13.2. The minimum Gasteiger partial charge on any atom is -0.354 e. The first kappa shape index (κ1) is 26.8. The average molecular weight is 534 g/mol. The summed E-state index contributed by atoms with van der Waals surface area (Å²) in [4.78, 5) is 9.79. The molecule has 208 valence electrons. The summed E-state index contributed by atoms with van der Waals surface area (Å²) < 4.78 is 2.40. The molecule has 40 heavy (non-hydrogen) atoms. The minimum absolute atomic E-state index is 0.145. The third kappa shape index (κ3) is 4.96. The van der Waals surface area contributed by atoms with Crippen molar-refractivity contribution in [2.24, 2.45) is 0 Å². The lowest BCUT2D eigenvalue weighted by molar-refractivity contribution is 0.215. The zero-order valence-electron chi connectivity index (χ0n) is 24.8. The van der Waals surface area contributed by atoms with Crippen molar-refractivity contribution < 1.29 is 0 Å². The third-order valence-corrected chi connectivity index (χ3v) is 9.42. The fourth-order valence-electron chi connectivity index (χ4n) is 6.55. The van der Waals surface area contributed by atoms with Crippen LogP contribution in [0.3, 0.4) is 0 Å². The number of benzene rings is 3. The molecule has 0 atom stereocenters. The Hall–Kier alpha value is -3.44. The predicted molar refractivity (Wildman–Crippen MR) is 166 cm³/mol. The van der Waals surface area contributed by atoms with Crippen LogP contribution in [0, 0.1) is 5.41 Å². The Morgan fingerprint density at radius 1 is 0.825 bits per heavy atom. The molecule has 0 saturated carbocycles. The van der Waals surface area contributed by atoms with Crippen LogP contribution >= 0.6 is 0 Å². The number of aryl methyl sites for hydroxylation is 2. The van der Waals surface area contributed by atoms with Gasteiger partial charge < -0.3 is 14.4 Å². The van der Waals surface area contributed by atoms with Gasteiger partial charge in [0.15, 0.2) is 0 Å². The summed E-state index contributed by atoms with van der Waals surface area (Å²) in [5.74, 6) is 1.63. The van der Waals surface area contributed by atoms with E-state index in [1.807, 2.05) is 0 Å². The molecule has 2 aliphatic rings. The van der Waals surface area contributed by atoms with Gasteiger partial charge in [0.25, 0.3) is 0 Å². The number of rotatable bonds is 5. The molecule has 0 amide bonds. The SMILES string of the molecule is CN1CCN(C(=N)c2ccc3c(c2)nc(-c2ccc4c(c2)C(C)(C)CCC4(C)C)n3CCc2ccccc2)CC1. The van der Waals surface area contributed by atoms with Gasteiger partial charge >= 0.3 is 0 Å². The van der Waals surface area contributed by atoms with Gasteiger partial charge in [0.2, 0.25) is 0 Å². The summed E-state index contributed by atoms with van der Waals surface area (Å²) in [7, 11) is 2.15. The molecule has 5 heteroatoms. The number of nitrogens with zero attached hydrogens (tertiary/aromatic N) is 4. The van der Waals surface area contributed by atoms with E-state index in [-0.39, 0.29) is 10.8 Å². The van der Waals surface area contributed by atoms with Crippen LogP contribution in [0.5, 0.6) is 0 Å². The zero-order chi connectivity index (χ0) is 28.1. The summed E-state index contributed by atoms with van der Waals surface area (Å²) in [5, 5.41) is 8.94. The summed E-state index contributed by atoms with van der Waals surface area (Å²) in [6.07, 6.45) is 3.35. The number of piperazine rings is 1. The first-order chi connectivity index (χ1) is 19.1. The molecule has 3 aromatic carbocycles. The van der Waals surface area contributed by atoms with E-state index in [2.05, 4.69) is 116 Å². The van der Waals surface area contributed by atoms with Crippen LogP contribution in [0.4, 0.5) is 0 Å². The van der Waals surface area contributed by atoms with Gasteiger partial charge in [-0.25, -0.2) is 4.98 Å². The second kappa shape index (κ2) is 10.2. The fourth-order valence-corrected chi connectivity index (χ4v) is 6.55. The van der Waals surface area contributed by atoms with Crippen molar-refractivity contribution >= 4 is 16.9 Å². The van der Waals surface area contributed by atoms with Crippen LogP contribution in [0.15, 0.2) is 66.7 Å². The lowest BCUT2D eigenvalue weighted by Gasteiger charge is -2.42. The monoisotopic (exact) mass is 533 g/mol. The predicted octanol–water partition coefficient (Wildman–Crippen LogP) is 6.87. The number of hydrogen-bond acceptors (Lipinski definition) is 3. The molecule has 1 saturated heterocycles. The van der Waals surface area contributed by atoms with Crippen LogP contribution in [0.1, 0.15) is 62.8 Å². The standard InChI is InChI=1S/C35H43N5/c1-34(2)16-17-35(3,4)29-23-27(11-13-28(29)34)33-37-30-24-26(32(36)39-21-19-38(5)20-22-39)12-14-31(30)40(33)18-15-25-9-7-6-8-10-25/h6-14,23-24,36H,15-22H2,1-5H3. The van der Waals surface area contributed by atoms with E-state index < -0.39 is 0 Å². The van der Waals surface area contributed by atoms with Crippen molar-refractivity contribution in [3.63, 3.8) is 0 Å². The number of imidazole rings is 1. The maximum atomic E-state index is 8.94. The molecular formula is C35H43N5. The Kier molecular flexibility index (Phi) is 6.82. The molecule has 1 aliphatic carbocycles. The van der Waals surface area contributed by atoms with Gasteiger partial charge in [0.1, 0.15) is 11.7 Å². The van der Waals surface area contributed by atoms with Gasteiger partial charge in [-0.1, -0.05) is 70.2 Å². The Labute approximate surface area is 239 Å². The van der Waals surface area contributed by atoms with Gasteiger partial charge in [-0.15, -0.1) is 0 Å². The molecule has 1 N–H and O–H groups in total. The molecule has 0 unspecified atom stereocenters. The summed E-state index contributed by atoms with van der Waals surface area (Å²) in [6.45, 7) is 14.2. The number of nitrogens with one attached hydrogen (secondary N) is 1. The van der Waals surface area contributed by atoms with Crippen LogP contribution in [0.25, 0.3) is 22.4 Å². The molecule has 0 spiro atoms. The molecule has 0 radical (unpaired) electrons. The quantitative estimate of drug-likeness (QED) is 0.225. The van der Waals surface area contributed by atoms with Crippen molar-refractivity contribution in [2.45, 2.75) is 64.3 Å². The van der Waals surface area contributed by atoms with Gasteiger partial charge in [0, 0.05) is 43.9 Å². The molecule has 0 bridgehead atoms. The van der Waals surface area contributed by atoms with Gasteiger partial charge in [-0.2, -0.15) is 0 Å². The van der Waals surface area contributed by atoms with E-state index in [9.17, 15) is 0 Å². The number of amidine groups is 1. The van der Waals surface area contributed by atoms with Crippen molar-refractivity contribution in [1.29, 1.82) is 5.41 Å². The molecule has 1 aromatic heterocycles. The summed E-state index contributed by atoms with van der Waals surface area (Å²) in [6, 6.07) is 24.2. The molecule has 1 aliphatic heterocycles. The highest BCUT2D eigenvalue weighted by Crippen LogP contribution is 2.46. The van der Waals surface area contributed by atoms with Crippen molar-refractivity contribution in [1.82, 2.24) is 19.4 Å². The van der Waals surface area contributed by atoms with Crippen molar-refractivity contribution in [3.05, 3.63) is 89.0 Å². The Bertz CT molecular complexity index is 1540. The Morgan fingerprint density at radius 2 is 1.52 bits per heavy atom. The van der Waals surface area contributed by atoms with Gasteiger partial charge in [-0.05, 0) is 78.1 Å². The van der Waals surface area contributed by atoms with Crippen LogP contribution in [-0.4, -0.2) is 58.4 Å². The van der Waals surface area contributed by atoms with E-state index in [4.69, 9.17) is 10.4 Å². The molecule has 5 nitrogen and oxygen atoms in total. The first-order valence-corrected chi connectivity index (χ1v) is 14.8. The lowest BCUT2D eigenvalue weighted by atomic mass is 9.63. The van der Waals surface area contributed by atoms with Crippen LogP contribution in [0.2, 0.25) is 0 Å². The normalized spacial score (nSPS) is 18.6. The maximum Gasteiger partial charge on any atom is 0.141 e. The highest BCUT2D eigenvalue weighted by atomic mass is 15.3. The zero-order valence-corrected chi connectivity index (χ0v) is 24.8. The molecular weight excluding hydrogens is 490 g/mol. The second-order valence-corrected chi connectivity index (χ2v) is 13.2. The summed E-state index contributed by atoms with van der Waals surface area (Å²) in [5.41, 5.74) is 8.84. The first-order valence-electron chi connectivity index (χ1n) is 14.8. The van der Waals surface area contributed by atoms with Gasteiger partial charge in [-0.3, -0.25) is 5.41 Å². The van der Waals surface area contributed by atoms with Crippen molar-refractivity contribution in [3.8, 4) is 11.4 Å². The number of aromatic nitrogens is 2. The minimum atomic E-state index is 0.145. The topological polar surface area (TPSA) is 48.1 Å². The number of fused-ring (bicyclic) bond motifs is 2. The number of likely N-dealkylation sites (N-methyl/N-ethyl adjacent to an activating group) is 1. The molecule has 1 fully saturated rings. The van der Waals surface area contributed by atoms with Gasteiger partial charge in [0.05, 0.1) is 11.0 Å². The molecule has 2 heterocycles. The highest BCUT2D eigenvalue weighted by molar-refractivity contribution is 5.99. The number of hydrogen-bond donors (Lipinski definition) is 1. The Balaban J connectivity index is 1.42. The van der Waals surface area contributed by atoms with E-state index >= 15 is 0 Å². The maximum absolute atomic E-state index is 8.94. The molecule has 6 rings (SSSR count). The molecule has 4 aromatic rings. The van der Waals surface area contributed by atoms with E-state index in [1.165, 1.54) is 35.1 Å². The Morgan fingerprint density at radius 3 is 2.25 bits per heavy atom. The highest BCUT2D eigenvalue weighted by Gasteiger charge is 2.37. The average Bonchev–Trinajstić information content (AvgIpc) is 3.32. The van der Waals surface area contributed by atoms with E-state index in [0.29, 0.717) is 5.84 Å². The van der Waals surface area contributed by atoms with Crippen LogP contribution in [-0.2, 0) is 23.8 Å². The van der Waals surface area contributed by atoms with E-state index in [1.54, 1.807) is 0 Å². The third-order valence-electron chi connectivity index (χ3n) is 9.42. The smallest absolute Gasteiger partial charge is 0.141 e. The van der Waals surface area contributed by atoms with Crippen LogP contribution < -0.4 is 0 Å². The lowest BCUT2D eigenvalue weighted by Crippen LogP contribution is -2.47.